The molecular formula is C12H16N4OS. The summed E-state index contributed by atoms with van der Waals surface area (Å²) in [5, 5.41) is 7.53. The van der Waals surface area contributed by atoms with E-state index in [-0.39, 0.29) is 11.6 Å². The zero-order chi connectivity index (χ0) is 12.7. The van der Waals surface area contributed by atoms with Crippen molar-refractivity contribution in [3.05, 3.63) is 20.8 Å². The highest BCUT2D eigenvalue weighted by Gasteiger charge is 2.20. The van der Waals surface area contributed by atoms with Crippen molar-refractivity contribution in [1.29, 1.82) is 0 Å². The average molecular weight is 264 g/mol. The van der Waals surface area contributed by atoms with Gasteiger partial charge in [-0.15, -0.1) is 0 Å². The van der Waals surface area contributed by atoms with Crippen LogP contribution in [0.5, 0.6) is 0 Å². The van der Waals surface area contributed by atoms with E-state index in [9.17, 15) is 4.79 Å². The van der Waals surface area contributed by atoms with Crippen molar-refractivity contribution in [2.24, 2.45) is 0 Å². The minimum absolute atomic E-state index is 0.00750. The number of H-pyrrole nitrogens is 2. The maximum absolute atomic E-state index is 12.5. The van der Waals surface area contributed by atoms with Crippen molar-refractivity contribution in [2.75, 3.05) is 0 Å². The van der Waals surface area contributed by atoms with Gasteiger partial charge in [0, 0.05) is 11.7 Å². The molecule has 3 rings (SSSR count). The Balaban J connectivity index is 2.24. The molecule has 1 saturated carbocycles. The van der Waals surface area contributed by atoms with Crippen molar-refractivity contribution in [3.8, 4) is 0 Å². The second kappa shape index (κ2) is 4.35. The Morgan fingerprint density at radius 2 is 2.06 bits per heavy atom. The smallest absolute Gasteiger partial charge is 0.265 e. The van der Waals surface area contributed by atoms with Gasteiger partial charge < -0.3 is 4.98 Å². The molecule has 2 N–H and O–H groups in total. The van der Waals surface area contributed by atoms with Gasteiger partial charge in [0.1, 0.15) is 5.39 Å². The third-order valence-electron chi connectivity index (χ3n) is 3.76. The molecule has 6 heteroatoms. The molecule has 0 radical (unpaired) electrons. The molecule has 0 unspecified atom stereocenters. The summed E-state index contributed by atoms with van der Waals surface area (Å²) >= 11 is 5.31. The van der Waals surface area contributed by atoms with Gasteiger partial charge in [-0.25, -0.2) is 0 Å². The molecule has 1 aliphatic rings. The third-order valence-corrected chi connectivity index (χ3v) is 4.06. The van der Waals surface area contributed by atoms with Gasteiger partial charge in [-0.05, 0) is 32.0 Å². The lowest BCUT2D eigenvalue weighted by Gasteiger charge is -2.23. The predicted octanol–water partition coefficient (Wildman–Crippen LogP) is 2.60. The lowest BCUT2D eigenvalue weighted by Crippen LogP contribution is -2.28. The second-order valence-electron chi connectivity index (χ2n) is 4.97. The molecule has 2 aromatic heterocycles. The summed E-state index contributed by atoms with van der Waals surface area (Å²) < 4.78 is 2.24. The first-order chi connectivity index (χ1) is 8.68. The van der Waals surface area contributed by atoms with Crippen LogP contribution in [0.15, 0.2) is 4.79 Å². The van der Waals surface area contributed by atoms with E-state index in [1.807, 2.05) is 6.92 Å². The van der Waals surface area contributed by atoms with Gasteiger partial charge in [0.05, 0.1) is 0 Å². The Bertz CT molecular complexity index is 690. The standard InChI is InChI=1S/C12H16N4OS/c1-7-9-10(15-14-7)13-12(18)16(11(9)17)8-5-3-2-4-6-8/h8H,2-6H2,1H3,(H2,13,14,15,18). The molecule has 2 heterocycles. The van der Waals surface area contributed by atoms with Gasteiger partial charge >= 0.3 is 0 Å². The molecule has 1 fully saturated rings. The summed E-state index contributed by atoms with van der Waals surface area (Å²) in [6.45, 7) is 1.86. The number of aryl methyl sites for hydroxylation is 1. The highest BCUT2D eigenvalue weighted by Crippen LogP contribution is 2.27. The molecule has 0 aromatic carbocycles. The van der Waals surface area contributed by atoms with Crippen LogP contribution in [-0.4, -0.2) is 19.7 Å². The second-order valence-corrected chi connectivity index (χ2v) is 5.36. The van der Waals surface area contributed by atoms with E-state index in [1.54, 1.807) is 4.57 Å². The first-order valence-corrected chi connectivity index (χ1v) is 6.79. The molecule has 2 aromatic rings. The van der Waals surface area contributed by atoms with Crippen molar-refractivity contribution in [3.63, 3.8) is 0 Å². The highest BCUT2D eigenvalue weighted by atomic mass is 32.1. The van der Waals surface area contributed by atoms with Gasteiger partial charge in [-0.1, -0.05) is 19.3 Å². The monoisotopic (exact) mass is 264 g/mol. The number of aromatic nitrogens is 4. The van der Waals surface area contributed by atoms with Crippen molar-refractivity contribution >= 4 is 23.3 Å². The molecule has 0 bridgehead atoms. The van der Waals surface area contributed by atoms with Crippen LogP contribution in [0.3, 0.4) is 0 Å². The van der Waals surface area contributed by atoms with Crippen molar-refractivity contribution in [2.45, 2.75) is 45.1 Å². The Labute approximate surface area is 109 Å². The van der Waals surface area contributed by atoms with E-state index in [4.69, 9.17) is 12.2 Å². The van der Waals surface area contributed by atoms with E-state index in [0.29, 0.717) is 15.8 Å². The summed E-state index contributed by atoms with van der Waals surface area (Å²) in [6.07, 6.45) is 5.69. The van der Waals surface area contributed by atoms with E-state index >= 15 is 0 Å². The normalized spacial score (nSPS) is 17.4. The summed E-state index contributed by atoms with van der Waals surface area (Å²) in [4.78, 5) is 15.6. The van der Waals surface area contributed by atoms with Gasteiger partial charge in [0.2, 0.25) is 0 Å². The van der Waals surface area contributed by atoms with Crippen LogP contribution in [0.1, 0.15) is 43.8 Å². The van der Waals surface area contributed by atoms with E-state index < -0.39 is 0 Å². The molecule has 0 aliphatic heterocycles. The highest BCUT2D eigenvalue weighted by molar-refractivity contribution is 7.71. The van der Waals surface area contributed by atoms with E-state index in [2.05, 4.69) is 15.2 Å². The van der Waals surface area contributed by atoms with Crippen molar-refractivity contribution in [1.82, 2.24) is 19.7 Å². The fraction of sp³-hybridized carbons (Fsp3) is 0.583. The SMILES string of the molecule is Cc1[nH]nc2[nH]c(=S)n(C3CCCCC3)c(=O)c12. The summed E-state index contributed by atoms with van der Waals surface area (Å²) in [7, 11) is 0. The Morgan fingerprint density at radius 3 is 2.78 bits per heavy atom. The molecule has 0 atom stereocenters. The zero-order valence-electron chi connectivity index (χ0n) is 10.3. The summed E-state index contributed by atoms with van der Waals surface area (Å²) in [6, 6.07) is 0.244. The fourth-order valence-electron chi connectivity index (χ4n) is 2.83. The molecule has 1 aliphatic carbocycles. The van der Waals surface area contributed by atoms with E-state index in [1.165, 1.54) is 19.3 Å². The van der Waals surface area contributed by atoms with Crippen LogP contribution in [0.4, 0.5) is 0 Å². The Hall–Kier alpha value is -1.43. The number of hydrogen-bond donors (Lipinski definition) is 2. The summed E-state index contributed by atoms with van der Waals surface area (Å²) in [5.41, 5.74) is 1.35. The van der Waals surface area contributed by atoms with Gasteiger partial charge in [-0.2, -0.15) is 5.10 Å². The van der Waals surface area contributed by atoms with Crippen LogP contribution in [0.2, 0.25) is 0 Å². The lowest BCUT2D eigenvalue weighted by molar-refractivity contribution is 0.342. The van der Waals surface area contributed by atoms with Crippen LogP contribution >= 0.6 is 12.2 Å². The molecular weight excluding hydrogens is 248 g/mol. The lowest BCUT2D eigenvalue weighted by atomic mass is 9.95. The zero-order valence-corrected chi connectivity index (χ0v) is 11.1. The maximum atomic E-state index is 12.5. The van der Waals surface area contributed by atoms with Gasteiger partial charge in [-0.3, -0.25) is 14.5 Å². The van der Waals surface area contributed by atoms with Gasteiger partial charge in [0.25, 0.3) is 5.56 Å². The number of rotatable bonds is 1. The van der Waals surface area contributed by atoms with E-state index in [0.717, 1.165) is 18.5 Å². The quantitative estimate of drug-likeness (QED) is 0.778. The van der Waals surface area contributed by atoms with Crippen LogP contribution in [0, 0.1) is 11.7 Å². The largest absolute Gasteiger partial charge is 0.315 e. The average Bonchev–Trinajstić information content (AvgIpc) is 2.72. The molecule has 0 saturated heterocycles. The molecule has 96 valence electrons. The number of hydrogen-bond acceptors (Lipinski definition) is 3. The number of fused-ring (bicyclic) bond motifs is 1. The third kappa shape index (κ3) is 1.71. The number of aromatic amines is 2. The minimum Gasteiger partial charge on any atom is -0.315 e. The first kappa shape index (κ1) is 11.6. The van der Waals surface area contributed by atoms with Gasteiger partial charge in [0.15, 0.2) is 10.4 Å². The first-order valence-electron chi connectivity index (χ1n) is 6.38. The Morgan fingerprint density at radius 1 is 1.33 bits per heavy atom. The maximum Gasteiger partial charge on any atom is 0.265 e. The fourth-order valence-corrected chi connectivity index (χ4v) is 3.16. The topological polar surface area (TPSA) is 66.5 Å². The molecule has 18 heavy (non-hydrogen) atoms. The predicted molar refractivity (Wildman–Crippen MR) is 72.4 cm³/mol. The van der Waals surface area contributed by atoms with Crippen molar-refractivity contribution < 1.29 is 0 Å². The minimum atomic E-state index is -0.00750. The molecule has 0 amide bonds. The van der Waals surface area contributed by atoms with Crippen LogP contribution in [-0.2, 0) is 0 Å². The van der Waals surface area contributed by atoms with Crippen LogP contribution in [0.25, 0.3) is 11.0 Å². The molecule has 0 spiro atoms. The number of nitrogens with zero attached hydrogens (tertiary/aromatic N) is 2. The molecule has 5 nitrogen and oxygen atoms in total. The van der Waals surface area contributed by atoms with Crippen LogP contribution < -0.4 is 5.56 Å². The number of nitrogens with one attached hydrogen (secondary N) is 2. The summed E-state index contributed by atoms with van der Waals surface area (Å²) in [5.74, 6) is 0. The Kier molecular flexibility index (Phi) is 2.81.